The van der Waals surface area contributed by atoms with Crippen LogP contribution in [-0.2, 0) is 6.42 Å². The summed E-state index contributed by atoms with van der Waals surface area (Å²) in [7, 11) is 0. The van der Waals surface area contributed by atoms with Crippen molar-refractivity contribution in [1.82, 2.24) is 0 Å². The minimum Gasteiger partial charge on any atom is -0.366 e. The van der Waals surface area contributed by atoms with E-state index in [-0.39, 0.29) is 16.1 Å². The lowest BCUT2D eigenvalue weighted by Crippen LogP contribution is -2.41. The number of nitrogens with zero attached hydrogens (tertiary/aromatic N) is 4. The molecule has 5 nitrogen and oxygen atoms in total. The molecule has 1 aromatic heterocycles. The number of benzene rings is 1. The van der Waals surface area contributed by atoms with Gasteiger partial charge in [0.25, 0.3) is 0 Å². The van der Waals surface area contributed by atoms with Crippen LogP contribution < -0.4 is 4.90 Å². The first-order valence-corrected chi connectivity index (χ1v) is 10.6. The third kappa shape index (κ3) is 3.96. The van der Waals surface area contributed by atoms with Gasteiger partial charge in [0, 0.05) is 17.8 Å². The SMILES string of the molecule is CCCCCN1c2ccc(N=Nc3sc(C=O)c(Cl)c3C#N)cc2CC1(C)C. The molecule has 0 saturated heterocycles. The predicted octanol–water partition coefficient (Wildman–Crippen LogP) is 6.83. The van der Waals surface area contributed by atoms with Gasteiger partial charge in [-0.15, -0.1) is 21.6 Å². The number of rotatable bonds is 7. The van der Waals surface area contributed by atoms with Crippen molar-refractivity contribution in [3.63, 3.8) is 0 Å². The van der Waals surface area contributed by atoms with Crippen LogP contribution in [0.3, 0.4) is 0 Å². The number of hydrogen-bond donors (Lipinski definition) is 0. The standard InChI is InChI=1S/C21H23ClN4OS/c1-4-5-6-9-26-17-8-7-15(10-14(17)11-21(26,2)3)24-25-20-16(12-23)19(22)18(13-27)28-20/h7-8,10,13H,4-6,9,11H2,1-3H3. The van der Waals surface area contributed by atoms with E-state index >= 15 is 0 Å². The molecule has 0 bridgehead atoms. The fourth-order valence-electron chi connectivity index (χ4n) is 3.63. The quantitative estimate of drug-likeness (QED) is 0.283. The smallest absolute Gasteiger partial charge is 0.161 e. The van der Waals surface area contributed by atoms with Crippen LogP contribution in [0.4, 0.5) is 16.4 Å². The number of fused-ring (bicyclic) bond motifs is 1. The van der Waals surface area contributed by atoms with Crippen molar-refractivity contribution >= 4 is 45.6 Å². The summed E-state index contributed by atoms with van der Waals surface area (Å²) in [5, 5.41) is 18.2. The Morgan fingerprint density at radius 3 is 2.82 bits per heavy atom. The molecule has 146 valence electrons. The van der Waals surface area contributed by atoms with Crippen molar-refractivity contribution < 1.29 is 4.79 Å². The van der Waals surface area contributed by atoms with E-state index in [1.807, 2.05) is 12.1 Å². The number of aldehydes is 1. The van der Waals surface area contributed by atoms with E-state index in [2.05, 4.69) is 48.0 Å². The van der Waals surface area contributed by atoms with E-state index < -0.39 is 0 Å². The van der Waals surface area contributed by atoms with E-state index in [9.17, 15) is 10.1 Å². The molecule has 0 saturated carbocycles. The number of thiophene rings is 1. The summed E-state index contributed by atoms with van der Waals surface area (Å²) in [5.74, 6) is 0. The van der Waals surface area contributed by atoms with Crippen LogP contribution in [0.1, 0.15) is 60.8 Å². The lowest BCUT2D eigenvalue weighted by atomic mass is 9.99. The van der Waals surface area contributed by atoms with Crippen LogP contribution in [0.25, 0.3) is 0 Å². The average molecular weight is 415 g/mol. The second-order valence-corrected chi connectivity index (χ2v) is 8.96. The Morgan fingerprint density at radius 2 is 2.14 bits per heavy atom. The van der Waals surface area contributed by atoms with Crippen molar-refractivity contribution in [3.05, 3.63) is 39.2 Å². The molecule has 1 aromatic carbocycles. The molecule has 0 aliphatic carbocycles. The van der Waals surface area contributed by atoms with Gasteiger partial charge in [-0.3, -0.25) is 4.79 Å². The zero-order valence-corrected chi connectivity index (χ0v) is 17.9. The Hall–Kier alpha value is -2.23. The molecule has 0 amide bonds. The molecule has 28 heavy (non-hydrogen) atoms. The number of hydrogen-bond acceptors (Lipinski definition) is 6. The maximum Gasteiger partial charge on any atom is 0.161 e. The van der Waals surface area contributed by atoms with Gasteiger partial charge in [0.2, 0.25) is 0 Å². The highest BCUT2D eigenvalue weighted by Crippen LogP contribution is 2.42. The molecule has 0 radical (unpaired) electrons. The van der Waals surface area contributed by atoms with Gasteiger partial charge in [0.05, 0.1) is 15.6 Å². The van der Waals surface area contributed by atoms with Crippen LogP contribution in [0.5, 0.6) is 0 Å². The fourth-order valence-corrected chi connectivity index (χ4v) is 4.76. The first-order valence-electron chi connectivity index (χ1n) is 9.41. The van der Waals surface area contributed by atoms with Gasteiger partial charge in [-0.25, -0.2) is 0 Å². The van der Waals surface area contributed by atoms with Crippen LogP contribution in [-0.4, -0.2) is 18.4 Å². The molecular formula is C21H23ClN4OS. The molecule has 0 N–H and O–H groups in total. The highest BCUT2D eigenvalue weighted by molar-refractivity contribution is 7.18. The molecule has 0 unspecified atom stereocenters. The summed E-state index contributed by atoms with van der Waals surface area (Å²) >= 11 is 7.11. The maximum absolute atomic E-state index is 11.0. The van der Waals surface area contributed by atoms with Gasteiger partial charge >= 0.3 is 0 Å². The third-order valence-electron chi connectivity index (χ3n) is 5.02. The number of carbonyl (C=O) groups is 1. The summed E-state index contributed by atoms with van der Waals surface area (Å²) < 4.78 is 0. The molecule has 3 rings (SSSR count). The number of azo groups is 1. The van der Waals surface area contributed by atoms with Gasteiger partial charge < -0.3 is 4.90 Å². The van der Waals surface area contributed by atoms with Crippen molar-refractivity contribution in [2.75, 3.05) is 11.4 Å². The number of anilines is 1. The molecule has 0 atom stereocenters. The van der Waals surface area contributed by atoms with Crippen molar-refractivity contribution in [3.8, 4) is 6.07 Å². The topological polar surface area (TPSA) is 68.8 Å². The Kier molecular flexibility index (Phi) is 6.17. The normalized spacial score (nSPS) is 15.0. The van der Waals surface area contributed by atoms with E-state index in [0.717, 1.165) is 30.0 Å². The Bertz CT molecular complexity index is 958. The van der Waals surface area contributed by atoms with E-state index in [1.54, 1.807) is 0 Å². The minimum atomic E-state index is 0.0833. The predicted molar refractivity (Wildman–Crippen MR) is 115 cm³/mol. The molecular weight excluding hydrogens is 392 g/mol. The van der Waals surface area contributed by atoms with Crippen LogP contribution in [0, 0.1) is 11.3 Å². The summed E-state index contributed by atoms with van der Waals surface area (Å²) in [6.45, 7) is 7.82. The lowest BCUT2D eigenvalue weighted by Gasteiger charge is -2.34. The molecule has 1 aliphatic rings. The van der Waals surface area contributed by atoms with Gasteiger partial charge in [0.15, 0.2) is 11.3 Å². The molecule has 2 aromatic rings. The van der Waals surface area contributed by atoms with E-state index in [4.69, 9.17) is 11.6 Å². The van der Waals surface area contributed by atoms with Crippen molar-refractivity contribution in [1.29, 1.82) is 5.26 Å². The lowest BCUT2D eigenvalue weighted by molar-refractivity contribution is 0.112. The third-order valence-corrected chi connectivity index (χ3v) is 6.53. The van der Waals surface area contributed by atoms with Crippen molar-refractivity contribution in [2.45, 2.75) is 52.0 Å². The average Bonchev–Trinajstić information content (AvgIpc) is 3.11. The number of carbonyl (C=O) groups excluding carboxylic acids is 1. The van der Waals surface area contributed by atoms with Gasteiger partial charge in [0.1, 0.15) is 11.6 Å². The van der Waals surface area contributed by atoms with E-state index in [0.29, 0.717) is 16.2 Å². The number of unbranched alkanes of at least 4 members (excludes halogenated alkanes) is 2. The fraction of sp³-hybridized carbons (Fsp3) is 0.429. The second-order valence-electron chi connectivity index (χ2n) is 7.55. The summed E-state index contributed by atoms with van der Waals surface area (Å²) in [4.78, 5) is 13.8. The largest absolute Gasteiger partial charge is 0.366 e. The van der Waals surface area contributed by atoms with Crippen molar-refractivity contribution in [2.24, 2.45) is 10.2 Å². The molecule has 0 spiro atoms. The molecule has 2 heterocycles. The Balaban J connectivity index is 1.85. The van der Waals surface area contributed by atoms with Crippen LogP contribution >= 0.6 is 22.9 Å². The highest BCUT2D eigenvalue weighted by atomic mass is 35.5. The molecule has 1 aliphatic heterocycles. The first kappa shape index (κ1) is 20.5. The van der Waals surface area contributed by atoms with Crippen LogP contribution in [0.15, 0.2) is 28.4 Å². The second kappa shape index (κ2) is 8.42. The Morgan fingerprint density at radius 1 is 1.36 bits per heavy atom. The monoisotopic (exact) mass is 414 g/mol. The number of nitriles is 1. The van der Waals surface area contributed by atoms with Gasteiger partial charge in [-0.1, -0.05) is 31.4 Å². The summed E-state index contributed by atoms with van der Waals surface area (Å²) in [5.41, 5.74) is 3.53. The highest BCUT2D eigenvalue weighted by Gasteiger charge is 2.35. The zero-order valence-electron chi connectivity index (χ0n) is 16.3. The number of halogens is 1. The maximum atomic E-state index is 11.0. The Labute approximate surface area is 174 Å². The summed E-state index contributed by atoms with van der Waals surface area (Å²) in [6, 6.07) is 8.10. The zero-order chi connectivity index (χ0) is 20.3. The minimum absolute atomic E-state index is 0.0833. The summed E-state index contributed by atoms with van der Waals surface area (Å²) in [6.07, 6.45) is 5.24. The van der Waals surface area contributed by atoms with Gasteiger partial charge in [-0.05, 0) is 50.5 Å². The first-order chi connectivity index (χ1) is 13.4. The molecule has 7 heteroatoms. The van der Waals surface area contributed by atoms with E-state index in [1.165, 1.54) is 30.5 Å². The molecule has 0 fully saturated rings. The van der Waals surface area contributed by atoms with Crippen LogP contribution in [0.2, 0.25) is 5.02 Å². The van der Waals surface area contributed by atoms with Gasteiger partial charge in [-0.2, -0.15) is 5.26 Å².